The Morgan fingerprint density at radius 3 is 2.34 bits per heavy atom. The van der Waals surface area contributed by atoms with E-state index in [1.807, 2.05) is 26.8 Å². The number of primary sulfonamides is 1. The fourth-order valence-corrected chi connectivity index (χ4v) is 4.41. The minimum Gasteiger partial charge on any atom is -0.496 e. The number of nitrogens with one attached hydrogen (secondary N) is 1. The maximum atomic E-state index is 12.4. The number of sulfonamides is 1. The zero-order valence-electron chi connectivity index (χ0n) is 20.0. The predicted molar refractivity (Wildman–Crippen MR) is 136 cm³/mol. The van der Waals surface area contributed by atoms with Crippen molar-refractivity contribution in [3.63, 3.8) is 0 Å². The second-order valence-electron chi connectivity index (χ2n) is 9.18. The van der Waals surface area contributed by atoms with Crippen LogP contribution in [0.5, 0.6) is 5.75 Å². The lowest BCUT2D eigenvalue weighted by atomic mass is 9.84. The maximum absolute atomic E-state index is 12.4. The Labute approximate surface area is 203 Å². The highest BCUT2D eigenvalue weighted by Crippen LogP contribution is 2.37. The summed E-state index contributed by atoms with van der Waals surface area (Å²) in [5.74, 6) is 0.286. The Kier molecular flexibility index (Phi) is 7.49. The highest BCUT2D eigenvalue weighted by Gasteiger charge is 2.22. The van der Waals surface area contributed by atoms with Crippen molar-refractivity contribution < 1.29 is 18.3 Å². The molecule has 186 valence electrons. The molecule has 0 aliphatic rings. The van der Waals surface area contributed by atoms with Crippen LogP contribution in [-0.4, -0.2) is 30.2 Å². The highest BCUT2D eigenvalue weighted by molar-refractivity contribution is 7.88. The van der Waals surface area contributed by atoms with E-state index >= 15 is 0 Å². The minimum atomic E-state index is -3.70. The van der Waals surface area contributed by atoms with Crippen LogP contribution in [0.4, 0.5) is 0 Å². The number of methoxy groups -OCH3 is 1. The molecule has 0 amide bonds. The van der Waals surface area contributed by atoms with Gasteiger partial charge in [0.15, 0.2) is 0 Å². The smallest absolute Gasteiger partial charge is 0.332 e. The number of H-pyrrole nitrogens is 1. The van der Waals surface area contributed by atoms with Crippen molar-refractivity contribution in [3.8, 4) is 11.4 Å². The van der Waals surface area contributed by atoms with E-state index in [0.717, 1.165) is 5.56 Å². The number of hydrogen-bond donors (Lipinski definition) is 3. The van der Waals surface area contributed by atoms with Gasteiger partial charge in [0, 0.05) is 23.4 Å². The van der Waals surface area contributed by atoms with Crippen LogP contribution in [0.1, 0.15) is 48.6 Å². The molecule has 9 nitrogen and oxygen atoms in total. The van der Waals surface area contributed by atoms with Crippen molar-refractivity contribution in [3.05, 3.63) is 91.3 Å². The second-order valence-corrected chi connectivity index (χ2v) is 10.8. The van der Waals surface area contributed by atoms with Crippen LogP contribution >= 0.6 is 0 Å². The van der Waals surface area contributed by atoms with Gasteiger partial charge in [0.2, 0.25) is 10.0 Å². The first-order chi connectivity index (χ1) is 16.3. The molecule has 0 saturated carbocycles. The van der Waals surface area contributed by atoms with Crippen molar-refractivity contribution in [2.45, 2.75) is 38.5 Å². The summed E-state index contributed by atoms with van der Waals surface area (Å²) in [7, 11) is -2.14. The van der Waals surface area contributed by atoms with Gasteiger partial charge in [0.25, 0.3) is 5.56 Å². The first-order valence-corrected chi connectivity index (χ1v) is 12.5. The molecule has 35 heavy (non-hydrogen) atoms. The van der Waals surface area contributed by atoms with Crippen molar-refractivity contribution in [1.29, 1.82) is 0 Å². The van der Waals surface area contributed by atoms with E-state index in [9.17, 15) is 23.1 Å². The number of rotatable bonds is 7. The van der Waals surface area contributed by atoms with Crippen LogP contribution in [0.2, 0.25) is 0 Å². The standard InChI is InChI=1S/C25H29N3O6S/c1-25(2,3)21-13-20(28-10-9-22(30)27-24(28)31)12-18(23(21)34-4)8-7-17-6-5-16(11-19(17)14-29)15-35(26,32)33/h5-13,29H,14-15H2,1-4H3,(H2,26,32,33)(H,27,30,31)/b8-7+. The summed E-state index contributed by atoms with van der Waals surface area (Å²) >= 11 is 0. The number of aliphatic hydroxyl groups is 1. The fraction of sp³-hybridized carbons (Fsp3) is 0.280. The Morgan fingerprint density at radius 2 is 1.77 bits per heavy atom. The van der Waals surface area contributed by atoms with Crippen molar-refractivity contribution in [1.82, 2.24) is 9.55 Å². The van der Waals surface area contributed by atoms with E-state index in [1.165, 1.54) is 16.8 Å². The molecule has 0 aliphatic heterocycles. The molecule has 0 radical (unpaired) electrons. The van der Waals surface area contributed by atoms with Gasteiger partial charge in [-0.05, 0) is 34.2 Å². The van der Waals surface area contributed by atoms with E-state index in [2.05, 4.69) is 4.98 Å². The molecule has 0 aliphatic carbocycles. The summed E-state index contributed by atoms with van der Waals surface area (Å²) in [4.78, 5) is 26.2. The topological polar surface area (TPSA) is 144 Å². The van der Waals surface area contributed by atoms with E-state index in [4.69, 9.17) is 9.88 Å². The van der Waals surface area contributed by atoms with Gasteiger partial charge >= 0.3 is 5.69 Å². The molecule has 0 bridgehead atoms. The van der Waals surface area contributed by atoms with Gasteiger partial charge < -0.3 is 9.84 Å². The lowest BCUT2D eigenvalue weighted by Gasteiger charge is -2.25. The highest BCUT2D eigenvalue weighted by atomic mass is 32.2. The van der Waals surface area contributed by atoms with E-state index in [1.54, 1.807) is 43.5 Å². The Hall–Kier alpha value is -3.47. The molecule has 0 fully saturated rings. The molecular formula is C25H29N3O6S. The second kappa shape index (κ2) is 10.0. The lowest BCUT2D eigenvalue weighted by Crippen LogP contribution is -2.28. The third kappa shape index (κ3) is 6.36. The summed E-state index contributed by atoms with van der Waals surface area (Å²) in [6.07, 6.45) is 4.98. The molecular weight excluding hydrogens is 470 g/mol. The van der Waals surface area contributed by atoms with Gasteiger partial charge in [0.1, 0.15) is 5.75 Å². The number of aliphatic hydroxyl groups excluding tert-OH is 1. The van der Waals surface area contributed by atoms with Crippen molar-refractivity contribution >= 4 is 22.2 Å². The molecule has 0 spiro atoms. The Morgan fingerprint density at radius 1 is 1.09 bits per heavy atom. The summed E-state index contributed by atoms with van der Waals surface area (Å²) in [6.45, 7) is 5.76. The molecule has 10 heteroatoms. The van der Waals surface area contributed by atoms with Crippen molar-refractivity contribution in [2.75, 3.05) is 7.11 Å². The van der Waals surface area contributed by atoms with Crippen LogP contribution in [0.25, 0.3) is 17.8 Å². The maximum Gasteiger partial charge on any atom is 0.332 e. The third-order valence-corrected chi connectivity index (χ3v) is 6.14. The van der Waals surface area contributed by atoms with Gasteiger partial charge in [-0.2, -0.15) is 0 Å². The lowest BCUT2D eigenvalue weighted by molar-refractivity contribution is 0.281. The van der Waals surface area contributed by atoms with Crippen LogP contribution in [-0.2, 0) is 27.8 Å². The molecule has 3 rings (SSSR count). The molecule has 0 unspecified atom stereocenters. The average Bonchev–Trinajstić information content (AvgIpc) is 2.75. The van der Waals surface area contributed by atoms with Gasteiger partial charge in [0.05, 0.1) is 25.2 Å². The largest absolute Gasteiger partial charge is 0.496 e. The number of hydrogen-bond acceptors (Lipinski definition) is 6. The van der Waals surface area contributed by atoms with Crippen LogP contribution in [0, 0.1) is 0 Å². The number of aromatic nitrogens is 2. The Bertz CT molecular complexity index is 1490. The summed E-state index contributed by atoms with van der Waals surface area (Å²) in [6, 6.07) is 9.81. The minimum absolute atomic E-state index is 0.296. The summed E-state index contributed by atoms with van der Waals surface area (Å²) in [5, 5.41) is 15.0. The normalized spacial score (nSPS) is 12.3. The van der Waals surface area contributed by atoms with E-state index in [-0.39, 0.29) is 17.8 Å². The van der Waals surface area contributed by atoms with Crippen LogP contribution in [0.15, 0.2) is 52.2 Å². The molecule has 0 saturated heterocycles. The number of nitrogens with zero attached hydrogens (tertiary/aromatic N) is 1. The predicted octanol–water partition coefficient (Wildman–Crippen LogP) is 2.28. The number of nitrogens with two attached hydrogens (primary N) is 1. The first kappa shape index (κ1) is 26.1. The molecule has 1 heterocycles. The van der Waals surface area contributed by atoms with Gasteiger partial charge in [-0.25, -0.2) is 18.4 Å². The number of ether oxygens (including phenoxy) is 1. The fourth-order valence-electron chi connectivity index (χ4n) is 3.76. The van der Waals surface area contributed by atoms with Gasteiger partial charge in [-0.15, -0.1) is 0 Å². The molecule has 3 aromatic rings. The Balaban J connectivity index is 2.17. The third-order valence-electron chi connectivity index (χ3n) is 5.40. The number of benzene rings is 2. The van der Waals surface area contributed by atoms with E-state index < -0.39 is 21.3 Å². The van der Waals surface area contributed by atoms with Crippen LogP contribution in [0.3, 0.4) is 0 Å². The molecule has 1 aromatic heterocycles. The first-order valence-electron chi connectivity index (χ1n) is 10.8. The molecule has 2 aromatic carbocycles. The monoisotopic (exact) mass is 499 g/mol. The average molecular weight is 500 g/mol. The van der Waals surface area contributed by atoms with Gasteiger partial charge in [-0.1, -0.05) is 51.1 Å². The SMILES string of the molecule is COc1c(/C=C/c2ccc(CS(N)(=O)=O)cc2CO)cc(-n2ccc(=O)[nH]c2=O)cc1C(C)(C)C. The van der Waals surface area contributed by atoms with Crippen LogP contribution < -0.4 is 21.1 Å². The summed E-state index contributed by atoms with van der Waals surface area (Å²) < 4.78 is 29.9. The summed E-state index contributed by atoms with van der Waals surface area (Å²) in [5.41, 5.74) is 2.36. The van der Waals surface area contributed by atoms with E-state index in [0.29, 0.717) is 33.7 Å². The number of aromatic amines is 1. The molecule has 4 N–H and O–H groups in total. The quantitative estimate of drug-likeness (QED) is 0.426. The van der Waals surface area contributed by atoms with Gasteiger partial charge in [-0.3, -0.25) is 14.3 Å². The zero-order valence-corrected chi connectivity index (χ0v) is 20.8. The van der Waals surface area contributed by atoms with Crippen molar-refractivity contribution in [2.24, 2.45) is 5.14 Å². The molecule has 0 atom stereocenters. The zero-order chi connectivity index (χ0) is 26.0.